The zero-order chi connectivity index (χ0) is 19.4. The third-order valence-electron chi connectivity index (χ3n) is 4.39. The molecule has 0 aromatic rings. The van der Waals surface area contributed by atoms with Crippen LogP contribution in [-0.2, 0) is 14.3 Å². The number of carbonyl (C=O) groups is 2. The Balaban J connectivity index is 2.09. The van der Waals surface area contributed by atoms with Crippen LogP contribution < -0.4 is 5.32 Å². The molecule has 0 spiro atoms. The lowest BCUT2D eigenvalue weighted by Crippen LogP contribution is -2.49. The zero-order valence-electron chi connectivity index (χ0n) is 17.1. The van der Waals surface area contributed by atoms with Crippen molar-refractivity contribution >= 4 is 12.1 Å². The normalized spacial score (nSPS) is 18.4. The highest BCUT2D eigenvalue weighted by molar-refractivity contribution is 5.69. The molecule has 6 heteroatoms. The maximum absolute atomic E-state index is 11.9. The summed E-state index contributed by atoms with van der Waals surface area (Å²) < 4.78 is 10.3. The van der Waals surface area contributed by atoms with Crippen molar-refractivity contribution < 1.29 is 19.1 Å². The summed E-state index contributed by atoms with van der Waals surface area (Å²) in [5, 5.41) is 3.00. The van der Waals surface area contributed by atoms with Crippen LogP contribution in [0, 0.1) is 0 Å². The van der Waals surface area contributed by atoms with Gasteiger partial charge in [0.1, 0.15) is 5.60 Å². The lowest BCUT2D eigenvalue weighted by atomic mass is 10.0. The van der Waals surface area contributed by atoms with E-state index >= 15 is 0 Å². The molecule has 1 heterocycles. The van der Waals surface area contributed by atoms with Gasteiger partial charge >= 0.3 is 12.1 Å². The average molecular weight is 371 g/mol. The Kier molecular flexibility index (Phi) is 10.6. The molecular weight excluding hydrogens is 332 g/mol. The van der Waals surface area contributed by atoms with Crippen LogP contribution in [-0.4, -0.2) is 54.8 Å². The number of carbonyl (C=O) groups excluding carboxylic acids is 2. The molecule has 1 atom stereocenters. The molecule has 0 aromatic heterocycles. The molecule has 26 heavy (non-hydrogen) atoms. The monoisotopic (exact) mass is 370 g/mol. The van der Waals surface area contributed by atoms with E-state index in [4.69, 9.17) is 9.47 Å². The Labute approximate surface area is 159 Å². The summed E-state index contributed by atoms with van der Waals surface area (Å²) in [6, 6.07) is 0.183. The van der Waals surface area contributed by atoms with Crippen molar-refractivity contribution in [1.29, 1.82) is 0 Å². The summed E-state index contributed by atoms with van der Waals surface area (Å²) in [6.45, 7) is 11.0. The van der Waals surface area contributed by atoms with E-state index in [1.807, 2.05) is 27.7 Å². The fourth-order valence-corrected chi connectivity index (χ4v) is 3.22. The molecule has 1 N–H and O–H groups in total. The summed E-state index contributed by atoms with van der Waals surface area (Å²) in [5.74, 6) is -0.0793. The van der Waals surface area contributed by atoms with Gasteiger partial charge in [0.15, 0.2) is 0 Å². The standard InChI is InChI=1S/C20H38N2O4/c1-5-25-18(23)13-9-7-6-8-10-14-22-15-11-12-17(16-22)21-19(24)26-20(2,3)4/h17H,5-16H2,1-4H3,(H,21,24). The number of rotatable bonds is 10. The fourth-order valence-electron chi connectivity index (χ4n) is 3.22. The van der Waals surface area contributed by atoms with Crippen LogP contribution in [0.25, 0.3) is 0 Å². The summed E-state index contributed by atoms with van der Waals surface area (Å²) in [5.41, 5.74) is -0.453. The van der Waals surface area contributed by atoms with Crippen LogP contribution >= 0.6 is 0 Å². The number of nitrogens with one attached hydrogen (secondary N) is 1. The topological polar surface area (TPSA) is 67.9 Å². The molecular formula is C20H38N2O4. The van der Waals surface area contributed by atoms with E-state index in [-0.39, 0.29) is 18.1 Å². The largest absolute Gasteiger partial charge is 0.466 e. The summed E-state index contributed by atoms with van der Waals surface area (Å²) in [7, 11) is 0. The summed E-state index contributed by atoms with van der Waals surface area (Å²) >= 11 is 0. The number of amides is 1. The van der Waals surface area contributed by atoms with Gasteiger partial charge in [0.05, 0.1) is 6.61 Å². The highest BCUT2D eigenvalue weighted by atomic mass is 16.6. The minimum Gasteiger partial charge on any atom is -0.466 e. The molecule has 1 unspecified atom stereocenters. The van der Waals surface area contributed by atoms with Crippen molar-refractivity contribution in [3.8, 4) is 0 Å². The van der Waals surface area contributed by atoms with Gasteiger partial charge in [0.25, 0.3) is 0 Å². The molecule has 0 bridgehead atoms. The van der Waals surface area contributed by atoms with E-state index in [0.29, 0.717) is 13.0 Å². The van der Waals surface area contributed by atoms with Gasteiger partial charge in [-0.2, -0.15) is 0 Å². The van der Waals surface area contributed by atoms with Crippen LogP contribution in [0.2, 0.25) is 0 Å². The third-order valence-corrected chi connectivity index (χ3v) is 4.39. The first-order chi connectivity index (χ1) is 12.3. The van der Waals surface area contributed by atoms with Crippen molar-refractivity contribution in [2.45, 2.75) is 90.7 Å². The molecule has 1 aliphatic rings. The number of likely N-dealkylation sites (tertiary alicyclic amines) is 1. The average Bonchev–Trinajstić information content (AvgIpc) is 2.52. The number of hydrogen-bond donors (Lipinski definition) is 1. The van der Waals surface area contributed by atoms with Crippen LogP contribution in [0.1, 0.15) is 79.1 Å². The van der Waals surface area contributed by atoms with E-state index in [1.54, 1.807) is 0 Å². The Bertz CT molecular complexity index is 421. The second kappa shape index (κ2) is 12.2. The Morgan fingerprint density at radius 2 is 1.81 bits per heavy atom. The molecule has 1 amide bonds. The lowest BCUT2D eigenvalue weighted by molar-refractivity contribution is -0.143. The minimum absolute atomic E-state index is 0.0793. The number of piperidine rings is 1. The van der Waals surface area contributed by atoms with E-state index < -0.39 is 5.60 Å². The van der Waals surface area contributed by atoms with Crippen LogP contribution in [0.15, 0.2) is 0 Å². The summed E-state index contributed by atoms with van der Waals surface area (Å²) in [4.78, 5) is 25.6. The fraction of sp³-hybridized carbons (Fsp3) is 0.900. The number of alkyl carbamates (subject to hydrolysis) is 1. The molecule has 0 aromatic carbocycles. The molecule has 1 saturated heterocycles. The number of nitrogens with zero attached hydrogens (tertiary/aromatic N) is 1. The molecule has 6 nitrogen and oxygen atoms in total. The van der Waals surface area contributed by atoms with Crippen molar-refractivity contribution in [3.05, 3.63) is 0 Å². The van der Waals surface area contributed by atoms with Gasteiger partial charge in [0, 0.05) is 19.0 Å². The SMILES string of the molecule is CCOC(=O)CCCCCCCN1CCCC(NC(=O)OC(C)(C)C)C1. The number of hydrogen-bond acceptors (Lipinski definition) is 5. The van der Waals surface area contributed by atoms with Crippen LogP contribution in [0.3, 0.4) is 0 Å². The molecule has 1 fully saturated rings. The molecule has 0 aliphatic carbocycles. The Hall–Kier alpha value is -1.30. The predicted octanol–water partition coefficient (Wildman–Crippen LogP) is 3.88. The van der Waals surface area contributed by atoms with Gasteiger partial charge in [-0.05, 0) is 66.5 Å². The van der Waals surface area contributed by atoms with E-state index in [0.717, 1.165) is 51.7 Å². The molecule has 0 saturated carbocycles. The molecule has 1 rings (SSSR count). The minimum atomic E-state index is -0.453. The van der Waals surface area contributed by atoms with Gasteiger partial charge in [-0.1, -0.05) is 19.3 Å². The lowest BCUT2D eigenvalue weighted by Gasteiger charge is -2.33. The van der Waals surface area contributed by atoms with Gasteiger partial charge in [-0.25, -0.2) is 4.79 Å². The molecule has 152 valence electrons. The summed E-state index contributed by atoms with van der Waals surface area (Å²) in [6.07, 6.45) is 7.87. The first-order valence-corrected chi connectivity index (χ1v) is 10.2. The number of esters is 1. The quantitative estimate of drug-likeness (QED) is 0.467. The second-order valence-electron chi connectivity index (χ2n) is 8.11. The number of unbranched alkanes of at least 4 members (excludes halogenated alkanes) is 4. The number of ether oxygens (including phenoxy) is 2. The van der Waals surface area contributed by atoms with Gasteiger partial charge < -0.3 is 19.7 Å². The predicted molar refractivity (Wildman–Crippen MR) is 103 cm³/mol. The Morgan fingerprint density at radius 3 is 2.50 bits per heavy atom. The molecule has 0 radical (unpaired) electrons. The van der Waals surface area contributed by atoms with Crippen molar-refractivity contribution in [2.24, 2.45) is 0 Å². The maximum atomic E-state index is 11.9. The van der Waals surface area contributed by atoms with E-state index in [1.165, 1.54) is 12.8 Å². The second-order valence-corrected chi connectivity index (χ2v) is 8.11. The smallest absolute Gasteiger partial charge is 0.407 e. The van der Waals surface area contributed by atoms with Crippen LogP contribution in [0.5, 0.6) is 0 Å². The highest BCUT2D eigenvalue weighted by Crippen LogP contribution is 2.14. The first-order valence-electron chi connectivity index (χ1n) is 10.2. The van der Waals surface area contributed by atoms with E-state index in [2.05, 4.69) is 10.2 Å². The first kappa shape index (κ1) is 22.7. The highest BCUT2D eigenvalue weighted by Gasteiger charge is 2.23. The maximum Gasteiger partial charge on any atom is 0.407 e. The molecule has 1 aliphatic heterocycles. The zero-order valence-corrected chi connectivity index (χ0v) is 17.1. The Morgan fingerprint density at radius 1 is 1.12 bits per heavy atom. The van der Waals surface area contributed by atoms with Crippen molar-refractivity contribution in [2.75, 3.05) is 26.2 Å². The van der Waals surface area contributed by atoms with Gasteiger partial charge in [0.2, 0.25) is 0 Å². The van der Waals surface area contributed by atoms with E-state index in [9.17, 15) is 9.59 Å². The van der Waals surface area contributed by atoms with Crippen molar-refractivity contribution in [1.82, 2.24) is 10.2 Å². The third kappa shape index (κ3) is 11.3. The van der Waals surface area contributed by atoms with Crippen LogP contribution in [0.4, 0.5) is 4.79 Å². The van der Waals surface area contributed by atoms with Crippen molar-refractivity contribution in [3.63, 3.8) is 0 Å². The van der Waals surface area contributed by atoms with Gasteiger partial charge in [-0.3, -0.25) is 4.79 Å². The van der Waals surface area contributed by atoms with Gasteiger partial charge in [-0.15, -0.1) is 0 Å².